The number of nitriles is 1. The third-order valence-corrected chi connectivity index (χ3v) is 8.14. The van der Waals surface area contributed by atoms with Crippen LogP contribution < -0.4 is 4.90 Å². The number of anilines is 3. The van der Waals surface area contributed by atoms with Gasteiger partial charge in [0.05, 0.1) is 23.0 Å². The van der Waals surface area contributed by atoms with Gasteiger partial charge in [0.25, 0.3) is 0 Å². The lowest BCUT2D eigenvalue weighted by Crippen LogP contribution is -2.11. The molecule has 7 aromatic carbocycles. The van der Waals surface area contributed by atoms with Gasteiger partial charge in [-0.2, -0.15) is 5.26 Å². The Kier molecular flexibility index (Phi) is 7.74. The molecule has 0 saturated heterocycles. The molecule has 2 nitrogen and oxygen atoms in total. The second-order valence-electron chi connectivity index (χ2n) is 10.9. The molecule has 0 heterocycles. The first-order valence-electron chi connectivity index (χ1n) is 15.1. The van der Waals surface area contributed by atoms with E-state index >= 15 is 0 Å². The van der Waals surface area contributed by atoms with Crippen molar-refractivity contribution in [3.05, 3.63) is 198 Å². The van der Waals surface area contributed by atoms with Gasteiger partial charge in [-0.3, -0.25) is 0 Å². The maximum absolute atomic E-state index is 10.4. The molecule has 0 aliphatic heterocycles. The highest BCUT2D eigenvalue weighted by molar-refractivity contribution is 6.04. The summed E-state index contributed by atoms with van der Waals surface area (Å²) in [6.07, 6.45) is 6.19. The summed E-state index contributed by atoms with van der Waals surface area (Å²) in [5, 5.41) is 15.0. The number of rotatable bonds is 7. The van der Waals surface area contributed by atoms with Gasteiger partial charge in [-0.25, -0.2) is 0 Å². The highest BCUT2D eigenvalue weighted by Gasteiger charge is 2.18. The van der Waals surface area contributed by atoms with Gasteiger partial charge >= 0.3 is 0 Å². The van der Waals surface area contributed by atoms with Gasteiger partial charge in [-0.1, -0.05) is 158 Å². The zero-order valence-corrected chi connectivity index (χ0v) is 24.7. The van der Waals surface area contributed by atoms with E-state index in [0.29, 0.717) is 5.56 Å². The smallest absolute Gasteiger partial charge is 0.0998 e. The quantitative estimate of drug-likeness (QED) is 0.177. The standard InChI is InChI=1S/C43H30N2/c44-31-37-30-38(29-28-32(37)20-11-25-39(33-14-3-1-4-15-33)34-16-5-2-6-17-34)45(42-26-12-21-35-18-7-9-23-40(35)42)43-27-13-22-36-19-8-10-24-41(36)43/h1-30H/b20-11+. The molecule has 0 aliphatic rings. The third-order valence-electron chi connectivity index (χ3n) is 8.14. The van der Waals surface area contributed by atoms with Gasteiger partial charge in [0.1, 0.15) is 0 Å². The minimum Gasteiger partial charge on any atom is -0.309 e. The van der Waals surface area contributed by atoms with Crippen molar-refractivity contribution in [3.63, 3.8) is 0 Å². The minimum atomic E-state index is 0.614. The van der Waals surface area contributed by atoms with Gasteiger partial charge in [0, 0.05) is 16.5 Å². The Morgan fingerprint density at radius 2 is 1.04 bits per heavy atom. The monoisotopic (exact) mass is 574 g/mol. The van der Waals surface area contributed by atoms with E-state index in [9.17, 15) is 5.26 Å². The minimum absolute atomic E-state index is 0.614. The second kappa shape index (κ2) is 12.6. The zero-order chi connectivity index (χ0) is 30.4. The molecular weight excluding hydrogens is 544 g/mol. The highest BCUT2D eigenvalue weighted by Crippen LogP contribution is 2.42. The lowest BCUT2D eigenvalue weighted by atomic mass is 9.97. The van der Waals surface area contributed by atoms with Crippen molar-refractivity contribution in [1.29, 1.82) is 5.26 Å². The van der Waals surface area contributed by atoms with Crippen molar-refractivity contribution in [1.82, 2.24) is 0 Å². The summed E-state index contributed by atoms with van der Waals surface area (Å²) >= 11 is 0. The molecule has 0 radical (unpaired) electrons. The zero-order valence-electron chi connectivity index (χ0n) is 24.7. The van der Waals surface area contributed by atoms with Gasteiger partial charge in [-0.05, 0) is 57.3 Å². The Balaban J connectivity index is 1.34. The lowest BCUT2D eigenvalue weighted by molar-refractivity contribution is 1.30. The van der Waals surface area contributed by atoms with Crippen LogP contribution in [0.1, 0.15) is 22.3 Å². The molecular formula is C43H30N2. The summed E-state index contributed by atoms with van der Waals surface area (Å²) in [7, 11) is 0. The third kappa shape index (κ3) is 5.64. The van der Waals surface area contributed by atoms with E-state index < -0.39 is 0 Å². The number of hydrogen-bond acceptors (Lipinski definition) is 2. The Hall–Kier alpha value is -6.17. The molecule has 0 unspecified atom stereocenters. The van der Waals surface area contributed by atoms with Crippen LogP contribution in [-0.2, 0) is 0 Å². The Bertz CT molecular complexity index is 2090. The van der Waals surface area contributed by atoms with E-state index in [0.717, 1.165) is 50.1 Å². The van der Waals surface area contributed by atoms with Crippen LogP contribution in [0.3, 0.4) is 0 Å². The molecule has 212 valence electrons. The number of allylic oxidation sites excluding steroid dienone is 2. The molecule has 0 spiro atoms. The average molecular weight is 575 g/mol. The van der Waals surface area contributed by atoms with Gasteiger partial charge in [-0.15, -0.1) is 0 Å². The summed E-state index contributed by atoms with van der Waals surface area (Å²) in [4.78, 5) is 2.28. The molecule has 0 aliphatic carbocycles. The van der Waals surface area contributed by atoms with E-state index in [1.165, 1.54) is 10.8 Å². The predicted molar refractivity (Wildman–Crippen MR) is 190 cm³/mol. The lowest BCUT2D eigenvalue weighted by Gasteiger charge is -2.28. The molecule has 2 heteroatoms. The first-order chi connectivity index (χ1) is 22.3. The van der Waals surface area contributed by atoms with Gasteiger partial charge in [0.2, 0.25) is 0 Å². The number of fused-ring (bicyclic) bond motifs is 2. The molecule has 0 fully saturated rings. The maximum atomic E-state index is 10.4. The summed E-state index contributed by atoms with van der Waals surface area (Å²) in [6.45, 7) is 0. The number of hydrogen-bond donors (Lipinski definition) is 0. The maximum Gasteiger partial charge on any atom is 0.0998 e. The highest BCUT2D eigenvalue weighted by atomic mass is 15.1. The molecule has 0 atom stereocenters. The normalized spacial score (nSPS) is 11.0. The largest absolute Gasteiger partial charge is 0.309 e. The van der Waals surface area contributed by atoms with E-state index in [2.05, 4.69) is 157 Å². The molecule has 7 aromatic rings. The van der Waals surface area contributed by atoms with Crippen molar-refractivity contribution in [3.8, 4) is 6.07 Å². The van der Waals surface area contributed by atoms with Crippen LogP contribution in [0.2, 0.25) is 0 Å². The molecule has 0 bridgehead atoms. The van der Waals surface area contributed by atoms with Crippen molar-refractivity contribution >= 4 is 50.3 Å². The first kappa shape index (κ1) is 27.7. The molecule has 0 N–H and O–H groups in total. The van der Waals surface area contributed by atoms with Crippen LogP contribution in [-0.4, -0.2) is 0 Å². The van der Waals surface area contributed by atoms with Crippen LogP contribution >= 0.6 is 0 Å². The summed E-state index contributed by atoms with van der Waals surface area (Å²) in [5.74, 6) is 0. The summed E-state index contributed by atoms with van der Waals surface area (Å²) in [5.41, 5.74) is 7.96. The van der Waals surface area contributed by atoms with Gasteiger partial charge in [0.15, 0.2) is 0 Å². The van der Waals surface area contributed by atoms with Crippen LogP contribution in [0.4, 0.5) is 17.1 Å². The molecule has 0 amide bonds. The number of nitrogens with zero attached hydrogens (tertiary/aromatic N) is 2. The molecule has 0 aromatic heterocycles. The number of benzene rings is 7. The SMILES string of the molecule is N#Cc1cc(N(c2cccc3ccccc23)c2cccc3ccccc23)ccc1/C=C/C=C(c1ccccc1)c1ccccc1. The fraction of sp³-hybridized carbons (Fsp3) is 0. The van der Waals surface area contributed by atoms with Crippen LogP contribution in [0, 0.1) is 11.3 Å². The molecule has 7 rings (SSSR count). The van der Waals surface area contributed by atoms with Crippen LogP contribution in [0.25, 0.3) is 33.2 Å². The van der Waals surface area contributed by atoms with Crippen molar-refractivity contribution < 1.29 is 0 Å². The second-order valence-corrected chi connectivity index (χ2v) is 10.9. The van der Waals surface area contributed by atoms with Crippen molar-refractivity contribution in [2.45, 2.75) is 0 Å². The fourth-order valence-corrected chi connectivity index (χ4v) is 5.98. The van der Waals surface area contributed by atoms with E-state index in [-0.39, 0.29) is 0 Å². The van der Waals surface area contributed by atoms with Crippen molar-refractivity contribution in [2.24, 2.45) is 0 Å². The van der Waals surface area contributed by atoms with E-state index in [1.54, 1.807) is 0 Å². The van der Waals surface area contributed by atoms with Gasteiger partial charge < -0.3 is 4.90 Å². The topological polar surface area (TPSA) is 27.0 Å². The Morgan fingerprint density at radius 1 is 0.533 bits per heavy atom. The Morgan fingerprint density at radius 3 is 1.60 bits per heavy atom. The van der Waals surface area contributed by atoms with Crippen LogP contribution in [0.15, 0.2) is 176 Å². The molecule has 0 saturated carbocycles. The average Bonchev–Trinajstić information content (AvgIpc) is 3.11. The van der Waals surface area contributed by atoms with E-state index in [1.807, 2.05) is 36.4 Å². The fourth-order valence-electron chi connectivity index (χ4n) is 5.98. The summed E-state index contributed by atoms with van der Waals surface area (Å²) < 4.78 is 0. The summed E-state index contributed by atoms with van der Waals surface area (Å²) in [6, 6.07) is 59.1. The van der Waals surface area contributed by atoms with Crippen molar-refractivity contribution in [2.75, 3.05) is 4.90 Å². The van der Waals surface area contributed by atoms with E-state index in [4.69, 9.17) is 0 Å². The van der Waals surface area contributed by atoms with Crippen LogP contribution in [0.5, 0.6) is 0 Å². The predicted octanol–water partition coefficient (Wildman–Crippen LogP) is 11.5. The Labute approximate surface area is 264 Å². The molecule has 45 heavy (non-hydrogen) atoms. The first-order valence-corrected chi connectivity index (χ1v) is 15.1.